The third kappa shape index (κ3) is 4.43. The number of anilines is 2. The average molecular weight is 492 g/mol. The lowest BCUT2D eigenvalue weighted by molar-refractivity contribution is -0.121. The Balaban J connectivity index is 1.56. The van der Waals surface area contributed by atoms with Gasteiger partial charge in [-0.05, 0) is 61.5 Å². The molecule has 5 rings (SSSR count). The number of barbiturate groups is 1. The Morgan fingerprint density at radius 2 is 1.35 bits per heavy atom. The highest BCUT2D eigenvalue weighted by Crippen LogP contribution is 2.31. The Morgan fingerprint density at radius 3 is 1.95 bits per heavy atom. The molecule has 0 saturated carbocycles. The van der Waals surface area contributed by atoms with Gasteiger partial charge in [-0.25, -0.2) is 19.4 Å². The van der Waals surface area contributed by atoms with E-state index in [0.29, 0.717) is 22.7 Å². The highest BCUT2D eigenvalue weighted by molar-refractivity contribution is 6.46. The molecule has 0 bridgehead atoms. The number of carbonyl (C=O) groups is 4. The fourth-order valence-electron chi connectivity index (χ4n) is 3.96. The number of imide groups is 2. The van der Waals surface area contributed by atoms with Gasteiger partial charge in [0, 0.05) is 5.56 Å². The van der Waals surface area contributed by atoms with Gasteiger partial charge in [0.15, 0.2) is 0 Å². The zero-order valence-electron chi connectivity index (χ0n) is 19.6. The summed E-state index contributed by atoms with van der Waals surface area (Å²) in [5, 5.41) is 9.10. The van der Waals surface area contributed by atoms with Gasteiger partial charge in [-0.1, -0.05) is 48.0 Å². The van der Waals surface area contributed by atoms with Crippen LogP contribution in [-0.2, 0) is 9.59 Å². The fraction of sp³-hybridized carbons (Fsp3) is 0.0345. The number of hydrogen-bond donors (Lipinski definition) is 1. The standard InChI is InChI=1S/C29H20N2O6/c1-18-7-13-22(14-8-18)31-27(33)24(26(32)30(29(31)36)21-5-3-2-4-6-21)17-23-15-16-25(37-23)19-9-11-20(12-10-19)28(34)35/h2-17H,1H3,(H,34,35)/b24-17+. The quantitative estimate of drug-likeness (QED) is 0.290. The Bertz CT molecular complexity index is 1550. The third-order valence-electron chi connectivity index (χ3n) is 5.89. The van der Waals surface area contributed by atoms with E-state index >= 15 is 0 Å². The lowest BCUT2D eigenvalue weighted by Crippen LogP contribution is -2.57. The number of amides is 4. The van der Waals surface area contributed by atoms with Gasteiger partial charge in [-0.3, -0.25) is 9.59 Å². The molecule has 182 valence electrons. The zero-order chi connectivity index (χ0) is 26.1. The van der Waals surface area contributed by atoms with Gasteiger partial charge in [0.1, 0.15) is 17.1 Å². The monoisotopic (exact) mass is 492 g/mol. The van der Waals surface area contributed by atoms with Crippen LogP contribution < -0.4 is 9.80 Å². The summed E-state index contributed by atoms with van der Waals surface area (Å²) >= 11 is 0. The molecule has 8 heteroatoms. The summed E-state index contributed by atoms with van der Waals surface area (Å²) in [5.74, 6) is -1.93. The Kier molecular flexibility index (Phi) is 5.99. The largest absolute Gasteiger partial charge is 0.478 e. The second kappa shape index (κ2) is 9.43. The van der Waals surface area contributed by atoms with Crippen LogP contribution >= 0.6 is 0 Å². The molecule has 1 saturated heterocycles. The van der Waals surface area contributed by atoms with E-state index in [2.05, 4.69) is 0 Å². The molecule has 37 heavy (non-hydrogen) atoms. The van der Waals surface area contributed by atoms with Crippen LogP contribution in [0.1, 0.15) is 21.7 Å². The fourth-order valence-corrected chi connectivity index (χ4v) is 3.96. The van der Waals surface area contributed by atoms with E-state index in [1.807, 2.05) is 6.92 Å². The first-order valence-corrected chi connectivity index (χ1v) is 11.3. The van der Waals surface area contributed by atoms with Crippen molar-refractivity contribution in [2.75, 3.05) is 9.80 Å². The molecule has 0 atom stereocenters. The van der Waals surface area contributed by atoms with Crippen molar-refractivity contribution in [1.29, 1.82) is 0 Å². The number of urea groups is 1. The minimum absolute atomic E-state index is 0.137. The minimum Gasteiger partial charge on any atom is -0.478 e. The SMILES string of the molecule is Cc1ccc(N2C(=O)/C(=C/c3ccc(-c4ccc(C(=O)O)cc4)o3)C(=O)N(c3ccccc3)C2=O)cc1. The summed E-state index contributed by atoms with van der Waals surface area (Å²) in [6.07, 6.45) is 1.31. The molecule has 1 aliphatic heterocycles. The summed E-state index contributed by atoms with van der Waals surface area (Å²) in [6.45, 7) is 1.89. The number of aromatic carboxylic acids is 1. The maximum Gasteiger partial charge on any atom is 0.343 e. The van der Waals surface area contributed by atoms with E-state index in [4.69, 9.17) is 9.52 Å². The molecule has 0 unspecified atom stereocenters. The first kappa shape index (κ1) is 23.5. The Morgan fingerprint density at radius 1 is 0.757 bits per heavy atom. The normalized spacial score (nSPS) is 14.9. The predicted molar refractivity (Wildman–Crippen MR) is 137 cm³/mol. The van der Waals surface area contributed by atoms with Crippen molar-refractivity contribution >= 4 is 41.3 Å². The Labute approximate surface area is 211 Å². The van der Waals surface area contributed by atoms with Crippen molar-refractivity contribution < 1.29 is 28.7 Å². The first-order valence-electron chi connectivity index (χ1n) is 11.3. The van der Waals surface area contributed by atoms with Crippen LogP contribution in [0.2, 0.25) is 0 Å². The van der Waals surface area contributed by atoms with Crippen molar-refractivity contribution in [2.24, 2.45) is 0 Å². The highest BCUT2D eigenvalue weighted by Gasteiger charge is 2.43. The number of furan rings is 1. The molecule has 0 aliphatic carbocycles. The molecule has 1 aromatic heterocycles. The third-order valence-corrected chi connectivity index (χ3v) is 5.89. The van der Waals surface area contributed by atoms with Crippen molar-refractivity contribution in [2.45, 2.75) is 6.92 Å². The van der Waals surface area contributed by atoms with E-state index in [-0.39, 0.29) is 16.9 Å². The molecular formula is C29H20N2O6. The van der Waals surface area contributed by atoms with E-state index in [1.165, 1.54) is 18.2 Å². The lowest BCUT2D eigenvalue weighted by Gasteiger charge is -2.33. The second-order valence-electron chi connectivity index (χ2n) is 8.38. The zero-order valence-corrected chi connectivity index (χ0v) is 19.6. The summed E-state index contributed by atoms with van der Waals surface area (Å²) in [4.78, 5) is 53.4. The van der Waals surface area contributed by atoms with Crippen LogP contribution in [0.5, 0.6) is 0 Å². The number of aryl methyl sites for hydroxylation is 1. The van der Waals surface area contributed by atoms with Crippen molar-refractivity contribution in [3.8, 4) is 11.3 Å². The molecule has 1 aliphatic rings. The molecule has 1 N–H and O–H groups in total. The Hall–Kier alpha value is -5.24. The molecular weight excluding hydrogens is 472 g/mol. The van der Waals surface area contributed by atoms with Crippen LogP contribution in [0, 0.1) is 6.92 Å². The first-order chi connectivity index (χ1) is 17.8. The molecule has 1 fully saturated rings. The van der Waals surface area contributed by atoms with Crippen LogP contribution in [0.4, 0.5) is 16.2 Å². The number of para-hydroxylation sites is 1. The van der Waals surface area contributed by atoms with Gasteiger partial charge in [-0.2, -0.15) is 0 Å². The number of carbonyl (C=O) groups excluding carboxylic acids is 3. The van der Waals surface area contributed by atoms with Gasteiger partial charge in [0.25, 0.3) is 11.8 Å². The summed E-state index contributed by atoms with van der Waals surface area (Å²) in [7, 11) is 0. The van der Waals surface area contributed by atoms with E-state index in [9.17, 15) is 19.2 Å². The molecule has 0 spiro atoms. The number of carboxylic acid groups (broad SMARTS) is 1. The van der Waals surface area contributed by atoms with Gasteiger partial charge >= 0.3 is 12.0 Å². The second-order valence-corrected chi connectivity index (χ2v) is 8.38. The van der Waals surface area contributed by atoms with Crippen LogP contribution in [0.3, 0.4) is 0 Å². The number of rotatable bonds is 5. The van der Waals surface area contributed by atoms with Crippen molar-refractivity contribution in [1.82, 2.24) is 0 Å². The van der Waals surface area contributed by atoms with Gasteiger partial charge in [-0.15, -0.1) is 0 Å². The van der Waals surface area contributed by atoms with Crippen molar-refractivity contribution in [3.05, 3.63) is 113 Å². The topological polar surface area (TPSA) is 108 Å². The van der Waals surface area contributed by atoms with Crippen LogP contribution in [0.15, 0.2) is 101 Å². The molecule has 3 aromatic carbocycles. The molecule has 0 radical (unpaired) electrons. The van der Waals surface area contributed by atoms with Crippen LogP contribution in [-0.4, -0.2) is 28.9 Å². The number of hydrogen-bond acceptors (Lipinski definition) is 5. The van der Waals surface area contributed by atoms with Crippen LogP contribution in [0.25, 0.3) is 17.4 Å². The minimum atomic E-state index is -1.04. The average Bonchev–Trinajstić information content (AvgIpc) is 3.37. The highest BCUT2D eigenvalue weighted by atomic mass is 16.4. The maximum absolute atomic E-state index is 13.5. The number of nitrogens with zero attached hydrogens (tertiary/aromatic N) is 2. The number of carboxylic acids is 1. The van der Waals surface area contributed by atoms with Gasteiger partial charge in [0.05, 0.1) is 16.9 Å². The summed E-state index contributed by atoms with van der Waals surface area (Å²) < 4.78 is 5.84. The predicted octanol–water partition coefficient (Wildman–Crippen LogP) is 5.54. The smallest absolute Gasteiger partial charge is 0.343 e. The van der Waals surface area contributed by atoms with E-state index in [0.717, 1.165) is 15.4 Å². The maximum atomic E-state index is 13.5. The van der Waals surface area contributed by atoms with E-state index in [1.54, 1.807) is 78.9 Å². The van der Waals surface area contributed by atoms with Gasteiger partial charge in [0.2, 0.25) is 0 Å². The molecule has 8 nitrogen and oxygen atoms in total. The van der Waals surface area contributed by atoms with Crippen molar-refractivity contribution in [3.63, 3.8) is 0 Å². The van der Waals surface area contributed by atoms with E-state index < -0.39 is 23.8 Å². The lowest BCUT2D eigenvalue weighted by atomic mass is 10.1. The van der Waals surface area contributed by atoms with Gasteiger partial charge < -0.3 is 9.52 Å². The molecule has 2 heterocycles. The number of benzene rings is 3. The summed E-state index contributed by atoms with van der Waals surface area (Å²) in [5.41, 5.74) is 2.12. The molecule has 4 aromatic rings. The summed E-state index contributed by atoms with van der Waals surface area (Å²) in [6, 6.07) is 23.8. The molecule has 4 amide bonds.